The van der Waals surface area contributed by atoms with Crippen molar-refractivity contribution in [2.75, 3.05) is 7.05 Å². The van der Waals surface area contributed by atoms with Gasteiger partial charge in [0.25, 0.3) is 0 Å². The number of rotatable bonds is 6. The van der Waals surface area contributed by atoms with E-state index in [-0.39, 0.29) is 6.04 Å². The van der Waals surface area contributed by atoms with E-state index >= 15 is 0 Å². The molecule has 0 saturated heterocycles. The fourth-order valence-electron chi connectivity index (χ4n) is 2.46. The minimum Gasteiger partial charge on any atom is -0.313 e. The second kappa shape index (κ2) is 6.22. The van der Waals surface area contributed by atoms with E-state index in [1.54, 1.807) is 0 Å². The Bertz CT molecular complexity index is 554. The van der Waals surface area contributed by atoms with Gasteiger partial charge in [0.2, 0.25) is 0 Å². The monoisotopic (exact) mass is 275 g/mol. The second-order valence-electron chi connectivity index (χ2n) is 5.43. The van der Waals surface area contributed by atoms with Gasteiger partial charge in [0.05, 0.1) is 11.4 Å². The number of hydrogen-bond donors (Lipinski definition) is 1. The lowest BCUT2D eigenvalue weighted by atomic mass is 10.0. The fourth-order valence-corrected chi connectivity index (χ4v) is 2.46. The van der Waals surface area contributed by atoms with Gasteiger partial charge in [-0.3, -0.25) is 9.36 Å². The Hall–Kier alpha value is -1.62. The van der Waals surface area contributed by atoms with Gasteiger partial charge >= 0.3 is 0 Å². The van der Waals surface area contributed by atoms with Gasteiger partial charge in [0.15, 0.2) is 0 Å². The lowest BCUT2D eigenvalue weighted by molar-refractivity contribution is 0.469. The maximum absolute atomic E-state index is 4.68. The zero-order chi connectivity index (χ0) is 14.7. The van der Waals surface area contributed by atoms with Crippen LogP contribution in [0.2, 0.25) is 0 Å². The maximum atomic E-state index is 4.68. The van der Waals surface area contributed by atoms with E-state index in [2.05, 4.69) is 59.4 Å². The first-order valence-electron chi connectivity index (χ1n) is 7.26. The van der Waals surface area contributed by atoms with Crippen molar-refractivity contribution in [3.05, 3.63) is 35.4 Å². The average molecular weight is 275 g/mol. The molecular formula is C15H25N5. The molecule has 0 bridgehead atoms. The second-order valence-corrected chi connectivity index (χ2v) is 5.43. The van der Waals surface area contributed by atoms with Gasteiger partial charge in [-0.25, -0.2) is 0 Å². The van der Waals surface area contributed by atoms with Crippen LogP contribution in [0, 0.1) is 6.92 Å². The molecule has 0 spiro atoms. The highest BCUT2D eigenvalue weighted by Crippen LogP contribution is 2.20. The van der Waals surface area contributed by atoms with Crippen molar-refractivity contribution >= 4 is 0 Å². The smallest absolute Gasteiger partial charge is 0.0643 e. The molecule has 0 amide bonds. The van der Waals surface area contributed by atoms with E-state index in [9.17, 15) is 0 Å². The number of nitrogens with one attached hydrogen (secondary N) is 1. The summed E-state index contributed by atoms with van der Waals surface area (Å²) in [6.45, 7) is 6.43. The van der Waals surface area contributed by atoms with Gasteiger partial charge < -0.3 is 5.32 Å². The van der Waals surface area contributed by atoms with Crippen molar-refractivity contribution in [3.63, 3.8) is 0 Å². The number of likely N-dealkylation sites (N-methyl/N-ethyl adjacent to an activating group) is 1. The van der Waals surface area contributed by atoms with Crippen LogP contribution in [0.5, 0.6) is 0 Å². The number of nitrogens with zero attached hydrogens (tertiary/aromatic N) is 4. The molecule has 5 heteroatoms. The molecule has 0 saturated carbocycles. The lowest BCUT2D eigenvalue weighted by Crippen LogP contribution is -2.19. The predicted molar refractivity (Wildman–Crippen MR) is 80.7 cm³/mol. The topological polar surface area (TPSA) is 47.7 Å². The summed E-state index contributed by atoms with van der Waals surface area (Å²) in [5, 5.41) is 12.5. The quantitative estimate of drug-likeness (QED) is 0.880. The molecule has 0 aliphatic heterocycles. The molecule has 2 aromatic rings. The van der Waals surface area contributed by atoms with Crippen LogP contribution in [0.15, 0.2) is 18.5 Å². The van der Waals surface area contributed by atoms with E-state index in [1.807, 2.05) is 18.8 Å². The molecule has 0 fully saturated rings. The molecule has 0 radical (unpaired) electrons. The van der Waals surface area contributed by atoms with Crippen LogP contribution in [0.1, 0.15) is 49.3 Å². The molecule has 2 atom stereocenters. The Morgan fingerprint density at radius 2 is 2.10 bits per heavy atom. The summed E-state index contributed by atoms with van der Waals surface area (Å²) in [5.74, 6) is 0. The van der Waals surface area contributed by atoms with Gasteiger partial charge in [-0.05, 0) is 33.4 Å². The summed E-state index contributed by atoms with van der Waals surface area (Å²) in [5.41, 5.74) is 3.44. The summed E-state index contributed by atoms with van der Waals surface area (Å²) in [6.07, 6.45) is 6.14. The zero-order valence-corrected chi connectivity index (χ0v) is 13.1. The van der Waals surface area contributed by atoms with Crippen LogP contribution in [0.25, 0.3) is 0 Å². The lowest BCUT2D eigenvalue weighted by Gasteiger charge is -2.14. The zero-order valence-electron chi connectivity index (χ0n) is 13.1. The van der Waals surface area contributed by atoms with Gasteiger partial charge in [-0.1, -0.05) is 6.92 Å². The summed E-state index contributed by atoms with van der Waals surface area (Å²) < 4.78 is 3.92. The minimum absolute atomic E-state index is 0.254. The maximum Gasteiger partial charge on any atom is 0.0643 e. The van der Waals surface area contributed by atoms with Gasteiger partial charge in [0.1, 0.15) is 0 Å². The molecule has 0 aliphatic rings. The third kappa shape index (κ3) is 3.10. The van der Waals surface area contributed by atoms with Crippen molar-refractivity contribution in [1.29, 1.82) is 0 Å². The number of aromatic nitrogens is 4. The van der Waals surface area contributed by atoms with Crippen LogP contribution in [0.3, 0.4) is 0 Å². The van der Waals surface area contributed by atoms with Crippen molar-refractivity contribution in [2.24, 2.45) is 7.05 Å². The highest BCUT2D eigenvalue weighted by atomic mass is 15.3. The summed E-state index contributed by atoms with van der Waals surface area (Å²) >= 11 is 0. The van der Waals surface area contributed by atoms with Crippen LogP contribution in [0.4, 0.5) is 0 Å². The Balaban J connectivity index is 2.14. The highest BCUT2D eigenvalue weighted by Gasteiger charge is 2.17. The van der Waals surface area contributed by atoms with Crippen LogP contribution in [-0.4, -0.2) is 26.6 Å². The van der Waals surface area contributed by atoms with Gasteiger partial charge in [-0.15, -0.1) is 0 Å². The van der Waals surface area contributed by atoms with Crippen LogP contribution >= 0.6 is 0 Å². The first-order chi connectivity index (χ1) is 9.55. The SMILES string of the molecule is CCC(C)n1ccc(CC(NC)c2cn(C)nc2C)n1. The summed E-state index contributed by atoms with van der Waals surface area (Å²) in [6, 6.07) is 2.82. The highest BCUT2D eigenvalue weighted by molar-refractivity contribution is 5.22. The summed E-state index contributed by atoms with van der Waals surface area (Å²) in [7, 11) is 3.95. The average Bonchev–Trinajstić information content (AvgIpc) is 3.02. The van der Waals surface area contributed by atoms with Crippen molar-refractivity contribution in [2.45, 2.75) is 45.7 Å². The van der Waals surface area contributed by atoms with Crippen molar-refractivity contribution in [1.82, 2.24) is 24.9 Å². The van der Waals surface area contributed by atoms with E-state index in [1.165, 1.54) is 5.56 Å². The molecule has 1 N–H and O–H groups in total. The molecule has 0 aromatic carbocycles. The standard InChI is InChI=1S/C15H25N5/c1-6-11(2)20-8-7-13(18-20)9-15(16-4)14-10-19(5)17-12(14)3/h7-8,10-11,15-16H,6,9H2,1-5H3. The first-order valence-corrected chi connectivity index (χ1v) is 7.26. The van der Waals surface area contributed by atoms with E-state index in [0.717, 1.165) is 24.2 Å². The van der Waals surface area contributed by atoms with Gasteiger partial charge in [0, 0.05) is 43.5 Å². The Morgan fingerprint density at radius 3 is 2.65 bits per heavy atom. The third-order valence-corrected chi connectivity index (χ3v) is 3.89. The van der Waals surface area contributed by atoms with Crippen molar-refractivity contribution < 1.29 is 0 Å². The first kappa shape index (κ1) is 14.8. The van der Waals surface area contributed by atoms with Crippen LogP contribution < -0.4 is 5.32 Å². The van der Waals surface area contributed by atoms with E-state index in [0.29, 0.717) is 6.04 Å². The molecule has 0 aliphatic carbocycles. The molecule has 110 valence electrons. The molecule has 2 heterocycles. The van der Waals surface area contributed by atoms with Gasteiger partial charge in [-0.2, -0.15) is 10.2 Å². The third-order valence-electron chi connectivity index (χ3n) is 3.89. The van der Waals surface area contributed by atoms with E-state index in [4.69, 9.17) is 0 Å². The molecule has 2 unspecified atom stereocenters. The van der Waals surface area contributed by atoms with Crippen molar-refractivity contribution in [3.8, 4) is 0 Å². The Kier molecular flexibility index (Phi) is 4.60. The molecule has 20 heavy (non-hydrogen) atoms. The number of hydrogen-bond acceptors (Lipinski definition) is 3. The number of aryl methyl sites for hydroxylation is 2. The normalized spacial score (nSPS) is 14.4. The molecular weight excluding hydrogens is 250 g/mol. The molecule has 5 nitrogen and oxygen atoms in total. The summed E-state index contributed by atoms with van der Waals surface area (Å²) in [4.78, 5) is 0. The minimum atomic E-state index is 0.254. The molecule has 2 rings (SSSR count). The predicted octanol–water partition coefficient (Wildman–Crippen LogP) is 2.40. The molecule has 2 aromatic heterocycles. The largest absolute Gasteiger partial charge is 0.313 e. The Labute approximate surface area is 121 Å². The van der Waals surface area contributed by atoms with Crippen LogP contribution in [-0.2, 0) is 13.5 Å². The fraction of sp³-hybridized carbons (Fsp3) is 0.600. The van der Waals surface area contributed by atoms with E-state index < -0.39 is 0 Å². The Morgan fingerprint density at radius 1 is 1.35 bits per heavy atom.